The Bertz CT molecular complexity index is 1770. The summed E-state index contributed by atoms with van der Waals surface area (Å²) < 4.78 is 1.68. The number of hydrogen-bond donors (Lipinski definition) is 0. The van der Waals surface area contributed by atoms with Crippen LogP contribution < -0.4 is 4.90 Å². The summed E-state index contributed by atoms with van der Waals surface area (Å²) in [6, 6.07) is 21.7. The van der Waals surface area contributed by atoms with Crippen LogP contribution in [0.1, 0.15) is 10.9 Å². The molecule has 0 spiro atoms. The molecule has 1 amide bonds. The minimum Gasteiger partial charge on any atom is -0.273 e. The van der Waals surface area contributed by atoms with Gasteiger partial charge >= 0.3 is 0 Å². The van der Waals surface area contributed by atoms with E-state index in [9.17, 15) is 25.0 Å². The molecule has 12 nitrogen and oxygen atoms in total. The highest BCUT2D eigenvalue weighted by atomic mass is 32.2. The van der Waals surface area contributed by atoms with Crippen LogP contribution in [-0.2, 0) is 4.79 Å². The maximum absolute atomic E-state index is 13.2. The van der Waals surface area contributed by atoms with Crippen molar-refractivity contribution in [3.8, 4) is 27.5 Å². The molecule has 1 fully saturated rings. The molecule has 0 radical (unpaired) electrons. The standard InChI is InChI=1S/C26H17N7O5S2/c34-22-15-39-25(31(22)26-28-27-24(40-26)17-7-5-11-20(13-17)33(37)38)21-14-30(18-8-2-1-3-9-18)29-23(21)16-6-4-10-19(12-16)32(35)36/h1-14,25H,15H2. The highest BCUT2D eigenvalue weighted by Gasteiger charge is 2.39. The van der Waals surface area contributed by atoms with Crippen molar-refractivity contribution in [3.63, 3.8) is 0 Å². The fourth-order valence-electron chi connectivity index (χ4n) is 4.32. The van der Waals surface area contributed by atoms with Crippen molar-refractivity contribution < 1.29 is 14.6 Å². The minimum atomic E-state index is -0.537. The van der Waals surface area contributed by atoms with Gasteiger partial charge in [-0.25, -0.2) is 4.68 Å². The predicted molar refractivity (Wildman–Crippen MR) is 150 cm³/mol. The Hall–Kier alpha value is -4.95. The van der Waals surface area contributed by atoms with Crippen molar-refractivity contribution in [2.24, 2.45) is 0 Å². The summed E-state index contributed by atoms with van der Waals surface area (Å²) in [6.45, 7) is 0. The normalized spacial score (nSPS) is 14.9. The first-order chi connectivity index (χ1) is 19.4. The average molecular weight is 572 g/mol. The van der Waals surface area contributed by atoms with E-state index in [0.717, 1.165) is 17.0 Å². The molecule has 1 aliphatic heterocycles. The first-order valence-corrected chi connectivity index (χ1v) is 13.7. The molecule has 1 aliphatic rings. The van der Waals surface area contributed by atoms with Gasteiger partial charge in [0.05, 0.1) is 27.0 Å². The lowest BCUT2D eigenvalue weighted by Crippen LogP contribution is -2.27. The number of para-hydroxylation sites is 1. The van der Waals surface area contributed by atoms with Crippen LogP contribution >= 0.6 is 23.1 Å². The van der Waals surface area contributed by atoms with Crippen molar-refractivity contribution in [1.29, 1.82) is 0 Å². The van der Waals surface area contributed by atoms with Crippen molar-refractivity contribution in [2.45, 2.75) is 5.37 Å². The summed E-state index contributed by atoms with van der Waals surface area (Å²) in [5, 5.41) is 36.2. The summed E-state index contributed by atoms with van der Waals surface area (Å²) in [4.78, 5) is 36.5. The molecule has 0 aliphatic carbocycles. The smallest absolute Gasteiger partial charge is 0.270 e. The van der Waals surface area contributed by atoms with E-state index in [0.29, 0.717) is 32.5 Å². The second kappa shape index (κ2) is 10.3. The largest absolute Gasteiger partial charge is 0.273 e. The van der Waals surface area contributed by atoms with Gasteiger partial charge in [0, 0.05) is 47.2 Å². The molecule has 2 aromatic heterocycles. The number of carbonyl (C=O) groups excluding carboxylic acids is 1. The molecule has 1 saturated heterocycles. The third-order valence-electron chi connectivity index (χ3n) is 6.15. The number of rotatable bonds is 7. The minimum absolute atomic E-state index is 0.0737. The number of aromatic nitrogens is 4. The van der Waals surface area contributed by atoms with Crippen LogP contribution in [0.5, 0.6) is 0 Å². The maximum Gasteiger partial charge on any atom is 0.270 e. The van der Waals surface area contributed by atoms with Gasteiger partial charge in [0.1, 0.15) is 10.4 Å². The number of carbonyl (C=O) groups is 1. The average Bonchev–Trinajstić information content (AvgIpc) is 3.72. The third kappa shape index (κ3) is 4.69. The Balaban J connectivity index is 1.43. The first-order valence-electron chi connectivity index (χ1n) is 11.8. The van der Waals surface area contributed by atoms with E-state index in [-0.39, 0.29) is 23.0 Å². The number of nitrogens with zero attached hydrogens (tertiary/aromatic N) is 7. The second-order valence-electron chi connectivity index (χ2n) is 8.64. The van der Waals surface area contributed by atoms with Gasteiger partial charge in [-0.05, 0) is 12.1 Å². The van der Waals surface area contributed by atoms with Gasteiger partial charge < -0.3 is 0 Å². The highest BCUT2D eigenvalue weighted by molar-refractivity contribution is 8.00. The van der Waals surface area contributed by atoms with E-state index in [1.165, 1.54) is 40.9 Å². The van der Waals surface area contributed by atoms with Crippen LogP contribution in [-0.4, -0.2) is 41.5 Å². The summed E-state index contributed by atoms with van der Waals surface area (Å²) >= 11 is 2.53. The van der Waals surface area contributed by atoms with Crippen LogP contribution in [0.4, 0.5) is 16.5 Å². The summed E-state index contributed by atoms with van der Waals surface area (Å²) in [5.41, 5.74) is 2.85. The number of benzene rings is 3. The molecule has 40 heavy (non-hydrogen) atoms. The second-order valence-corrected chi connectivity index (χ2v) is 10.7. The van der Waals surface area contributed by atoms with Crippen molar-refractivity contribution in [3.05, 3.63) is 111 Å². The fourth-order valence-corrected chi connectivity index (χ4v) is 6.43. The van der Waals surface area contributed by atoms with E-state index in [4.69, 9.17) is 5.10 Å². The van der Waals surface area contributed by atoms with E-state index in [2.05, 4.69) is 10.2 Å². The number of nitro groups is 2. The predicted octanol–water partition coefficient (Wildman–Crippen LogP) is 5.65. The Morgan fingerprint density at radius 2 is 1.52 bits per heavy atom. The monoisotopic (exact) mass is 571 g/mol. The van der Waals surface area contributed by atoms with Crippen LogP contribution in [0, 0.1) is 20.2 Å². The Morgan fingerprint density at radius 3 is 2.23 bits per heavy atom. The van der Waals surface area contributed by atoms with E-state index >= 15 is 0 Å². The molecule has 14 heteroatoms. The number of hydrogen-bond acceptors (Lipinski definition) is 10. The summed E-state index contributed by atoms with van der Waals surface area (Å²) in [6.07, 6.45) is 1.81. The topological polar surface area (TPSA) is 150 Å². The third-order valence-corrected chi connectivity index (χ3v) is 8.32. The molecule has 198 valence electrons. The van der Waals surface area contributed by atoms with E-state index < -0.39 is 15.2 Å². The zero-order valence-electron chi connectivity index (χ0n) is 20.4. The maximum atomic E-state index is 13.2. The SMILES string of the molecule is O=C1CSC(c2cn(-c3ccccc3)nc2-c2cccc([N+](=O)[O-])c2)N1c1nnc(-c2cccc([N+](=O)[O-])c2)s1. The zero-order chi connectivity index (χ0) is 27.8. The highest BCUT2D eigenvalue weighted by Crippen LogP contribution is 2.46. The molecule has 0 bridgehead atoms. The van der Waals surface area contributed by atoms with Crippen LogP contribution in [0.15, 0.2) is 85.1 Å². The van der Waals surface area contributed by atoms with Gasteiger partial charge in [0.25, 0.3) is 11.4 Å². The molecule has 3 heterocycles. The van der Waals surface area contributed by atoms with E-state index in [1.54, 1.807) is 28.9 Å². The summed E-state index contributed by atoms with van der Waals surface area (Å²) in [5.74, 6) is -0.00410. The quantitative estimate of drug-likeness (QED) is 0.178. The van der Waals surface area contributed by atoms with Gasteiger partial charge in [0.2, 0.25) is 11.0 Å². The van der Waals surface area contributed by atoms with Gasteiger partial charge in [0.15, 0.2) is 0 Å². The zero-order valence-corrected chi connectivity index (χ0v) is 22.0. The fraction of sp³-hybridized carbons (Fsp3) is 0.0769. The Labute approximate surface area is 234 Å². The molecule has 0 N–H and O–H groups in total. The number of nitro benzene ring substituents is 2. The van der Waals surface area contributed by atoms with Crippen molar-refractivity contribution in [2.75, 3.05) is 10.7 Å². The lowest BCUT2D eigenvalue weighted by molar-refractivity contribution is -0.385. The molecule has 3 aromatic carbocycles. The number of thioether (sulfide) groups is 1. The Morgan fingerprint density at radius 1 is 0.850 bits per heavy atom. The molecule has 0 saturated carbocycles. The Kier molecular flexibility index (Phi) is 6.53. The van der Waals surface area contributed by atoms with E-state index in [1.807, 2.05) is 36.5 Å². The first kappa shape index (κ1) is 25.3. The molecular weight excluding hydrogens is 554 g/mol. The van der Waals surface area contributed by atoms with Gasteiger partial charge in [-0.2, -0.15) is 5.10 Å². The van der Waals surface area contributed by atoms with Gasteiger partial charge in [-0.1, -0.05) is 53.8 Å². The van der Waals surface area contributed by atoms with Crippen molar-refractivity contribution >= 4 is 45.5 Å². The number of anilines is 1. The van der Waals surface area contributed by atoms with Crippen molar-refractivity contribution in [1.82, 2.24) is 20.0 Å². The number of amides is 1. The summed E-state index contributed by atoms with van der Waals surface area (Å²) in [7, 11) is 0. The van der Waals surface area contributed by atoms with Crippen LogP contribution in [0.25, 0.3) is 27.5 Å². The number of non-ortho nitro benzene ring substituents is 2. The lowest BCUT2D eigenvalue weighted by Gasteiger charge is -2.20. The molecule has 5 aromatic rings. The van der Waals surface area contributed by atoms with Gasteiger partial charge in [-0.3, -0.25) is 29.9 Å². The molecule has 1 unspecified atom stereocenters. The van der Waals surface area contributed by atoms with Gasteiger partial charge in [-0.15, -0.1) is 22.0 Å². The van der Waals surface area contributed by atoms with Crippen LogP contribution in [0.2, 0.25) is 0 Å². The molecule has 1 atom stereocenters. The molecule has 6 rings (SSSR count). The molecular formula is C26H17N7O5S2. The van der Waals surface area contributed by atoms with Crippen LogP contribution in [0.3, 0.4) is 0 Å². The lowest BCUT2D eigenvalue weighted by atomic mass is 10.1.